The fraction of sp³-hybridized carbons (Fsp3) is 0. The maximum atomic E-state index is 9.11. The predicted molar refractivity (Wildman–Crippen MR) is 59.4 cm³/mol. The molecule has 0 aliphatic heterocycles. The van der Waals surface area contributed by atoms with Gasteiger partial charge >= 0.3 is 14.2 Å². The minimum atomic E-state index is -1.67. The Kier molecular flexibility index (Phi) is 2.65. The van der Waals surface area contributed by atoms with E-state index in [2.05, 4.69) is 0 Å². The summed E-state index contributed by atoms with van der Waals surface area (Å²) >= 11 is 2.51. The van der Waals surface area contributed by atoms with Crippen molar-refractivity contribution >= 4 is 56.5 Å². The zero-order valence-corrected chi connectivity index (χ0v) is 8.55. The van der Waals surface area contributed by atoms with Crippen LogP contribution in [0.15, 0.2) is 11.4 Å². The number of rotatable bonds is 2. The maximum absolute atomic E-state index is 9.11. The molecule has 72 valence electrons. The summed E-state index contributed by atoms with van der Waals surface area (Å²) in [7, 11) is -3.32. The number of thiophene rings is 2. The van der Waals surface area contributed by atoms with Crippen molar-refractivity contribution in [3.05, 3.63) is 11.4 Å². The van der Waals surface area contributed by atoms with Crippen LogP contribution >= 0.6 is 22.7 Å². The van der Waals surface area contributed by atoms with Crippen molar-refractivity contribution in [1.82, 2.24) is 0 Å². The topological polar surface area (TPSA) is 80.9 Å². The molecule has 0 aliphatic carbocycles. The number of fused-ring (bicyclic) bond motifs is 1. The Labute approximate surface area is 88.4 Å². The summed E-state index contributed by atoms with van der Waals surface area (Å²) in [5.41, 5.74) is 0.204. The van der Waals surface area contributed by atoms with Crippen LogP contribution in [0.1, 0.15) is 0 Å². The lowest BCUT2D eigenvalue weighted by Crippen LogP contribution is -2.46. The second-order valence-electron chi connectivity index (χ2n) is 2.74. The van der Waals surface area contributed by atoms with E-state index in [0.29, 0.717) is 4.70 Å². The number of hydrogen-bond donors (Lipinski definition) is 4. The van der Waals surface area contributed by atoms with Gasteiger partial charge in [-0.3, -0.25) is 0 Å². The zero-order chi connectivity index (χ0) is 10.3. The molecule has 4 N–H and O–H groups in total. The van der Waals surface area contributed by atoms with E-state index in [0.717, 1.165) is 16.0 Å². The molecule has 2 rings (SSSR count). The van der Waals surface area contributed by atoms with Gasteiger partial charge in [-0.15, -0.1) is 22.7 Å². The van der Waals surface area contributed by atoms with Gasteiger partial charge < -0.3 is 20.1 Å². The van der Waals surface area contributed by atoms with Gasteiger partial charge in [0.05, 0.1) is 0 Å². The van der Waals surface area contributed by atoms with Gasteiger partial charge in [-0.1, -0.05) is 0 Å². The minimum Gasteiger partial charge on any atom is -0.423 e. The molecule has 0 radical (unpaired) electrons. The smallest absolute Gasteiger partial charge is 0.423 e. The van der Waals surface area contributed by atoms with Crippen LogP contribution in [0.3, 0.4) is 0 Å². The van der Waals surface area contributed by atoms with Crippen LogP contribution in [0.25, 0.3) is 9.40 Å². The average molecular weight is 228 g/mol. The highest BCUT2D eigenvalue weighted by molar-refractivity contribution is 7.35. The van der Waals surface area contributed by atoms with E-state index < -0.39 is 14.2 Å². The Morgan fingerprint density at radius 1 is 1.07 bits per heavy atom. The fourth-order valence-corrected chi connectivity index (χ4v) is 3.58. The predicted octanol–water partition coefficient (Wildman–Crippen LogP) is -1.68. The van der Waals surface area contributed by atoms with Crippen LogP contribution in [0.4, 0.5) is 0 Å². The Balaban J connectivity index is 2.69. The second kappa shape index (κ2) is 3.65. The average Bonchev–Trinajstić information content (AvgIpc) is 2.58. The molecule has 0 spiro atoms. The van der Waals surface area contributed by atoms with E-state index in [1.54, 1.807) is 0 Å². The molecule has 2 aromatic heterocycles. The minimum absolute atomic E-state index is 0.196. The first-order valence-corrected chi connectivity index (χ1v) is 5.53. The van der Waals surface area contributed by atoms with Crippen LogP contribution < -0.4 is 10.2 Å². The van der Waals surface area contributed by atoms with Gasteiger partial charge in [0.15, 0.2) is 0 Å². The molecule has 0 atom stereocenters. The lowest BCUT2D eigenvalue weighted by Gasteiger charge is -2.00. The third-order valence-electron chi connectivity index (χ3n) is 1.85. The van der Waals surface area contributed by atoms with Crippen LogP contribution in [-0.2, 0) is 0 Å². The van der Waals surface area contributed by atoms with Gasteiger partial charge in [-0.25, -0.2) is 0 Å². The van der Waals surface area contributed by atoms with Crippen molar-refractivity contribution in [2.24, 2.45) is 0 Å². The third-order valence-corrected chi connectivity index (χ3v) is 4.14. The van der Waals surface area contributed by atoms with Gasteiger partial charge in [-0.05, 0) is 11.4 Å². The second-order valence-corrected chi connectivity index (χ2v) is 4.74. The monoisotopic (exact) mass is 228 g/mol. The summed E-state index contributed by atoms with van der Waals surface area (Å²) in [5.74, 6) is 0. The molecule has 0 bridgehead atoms. The molecule has 0 amide bonds. The van der Waals surface area contributed by atoms with E-state index >= 15 is 0 Å². The largest absolute Gasteiger partial charge is 0.498 e. The molecule has 2 heterocycles. The first-order valence-electron chi connectivity index (χ1n) is 3.83. The van der Waals surface area contributed by atoms with Crippen molar-refractivity contribution in [3.8, 4) is 0 Å². The normalized spacial score (nSPS) is 10.9. The van der Waals surface area contributed by atoms with Gasteiger partial charge in [0.2, 0.25) is 0 Å². The van der Waals surface area contributed by atoms with Crippen LogP contribution in [0.5, 0.6) is 0 Å². The summed E-state index contributed by atoms with van der Waals surface area (Å²) in [4.78, 5) is 0. The summed E-state index contributed by atoms with van der Waals surface area (Å²) in [6, 6.07) is 1.81. The highest BCUT2D eigenvalue weighted by Gasteiger charge is 2.29. The Morgan fingerprint density at radius 2 is 1.79 bits per heavy atom. The SMILES string of the molecule is OB(O)c1sc2ccsc2c1B(O)O. The van der Waals surface area contributed by atoms with Crippen molar-refractivity contribution in [2.75, 3.05) is 0 Å². The Morgan fingerprint density at radius 3 is 2.36 bits per heavy atom. The van der Waals surface area contributed by atoms with E-state index in [9.17, 15) is 0 Å². The molecule has 2 aromatic rings. The van der Waals surface area contributed by atoms with Crippen molar-refractivity contribution in [3.63, 3.8) is 0 Å². The molecule has 0 unspecified atom stereocenters. The van der Waals surface area contributed by atoms with Crippen LogP contribution in [0, 0.1) is 0 Å². The first kappa shape index (κ1) is 10.2. The van der Waals surface area contributed by atoms with Crippen molar-refractivity contribution in [1.29, 1.82) is 0 Å². The Bertz CT molecular complexity index is 450. The molecule has 4 nitrogen and oxygen atoms in total. The summed E-state index contributed by atoms with van der Waals surface area (Å²) in [6.07, 6.45) is 0. The molecule has 14 heavy (non-hydrogen) atoms. The Hall–Kier alpha value is -0.370. The molecular formula is C6H6B2O4S2. The van der Waals surface area contributed by atoms with Gasteiger partial charge in [0.1, 0.15) is 0 Å². The fourth-order valence-electron chi connectivity index (χ4n) is 1.30. The van der Waals surface area contributed by atoms with Crippen LogP contribution in [-0.4, -0.2) is 34.3 Å². The molecule has 0 saturated carbocycles. The third kappa shape index (κ3) is 1.50. The van der Waals surface area contributed by atoms with Crippen molar-refractivity contribution in [2.45, 2.75) is 0 Å². The van der Waals surface area contributed by atoms with Gasteiger partial charge in [0.25, 0.3) is 0 Å². The summed E-state index contributed by atoms with van der Waals surface area (Å²) in [6.45, 7) is 0. The molecule has 8 heteroatoms. The van der Waals surface area contributed by atoms with Crippen molar-refractivity contribution < 1.29 is 20.1 Å². The molecule has 0 fully saturated rings. The quantitative estimate of drug-likeness (QED) is 0.463. The summed E-state index contributed by atoms with van der Waals surface area (Å²) < 4.78 is 1.73. The van der Waals surface area contributed by atoms with Crippen LogP contribution in [0.2, 0.25) is 0 Å². The van der Waals surface area contributed by atoms with E-state index in [-0.39, 0.29) is 10.2 Å². The van der Waals surface area contributed by atoms with E-state index in [1.807, 2.05) is 11.4 Å². The summed E-state index contributed by atoms with van der Waals surface area (Å²) in [5, 5.41) is 38.1. The van der Waals surface area contributed by atoms with Gasteiger partial charge in [-0.2, -0.15) is 0 Å². The highest BCUT2D eigenvalue weighted by atomic mass is 32.1. The van der Waals surface area contributed by atoms with E-state index in [4.69, 9.17) is 20.1 Å². The highest BCUT2D eigenvalue weighted by Crippen LogP contribution is 2.23. The lowest BCUT2D eigenvalue weighted by atomic mass is 9.71. The zero-order valence-electron chi connectivity index (χ0n) is 6.91. The molecule has 0 aromatic carbocycles. The lowest BCUT2D eigenvalue weighted by molar-refractivity contribution is 0.420. The first-order chi connectivity index (χ1) is 6.61. The standard InChI is InChI=1S/C6H6B2O4S2/c9-7(10)4-5-3(1-2-13-5)14-6(4)8(11)12/h1-2,9-12H. The molecule has 0 aliphatic rings. The molecular weight excluding hydrogens is 222 g/mol. The number of hydrogen-bond acceptors (Lipinski definition) is 6. The van der Waals surface area contributed by atoms with E-state index in [1.165, 1.54) is 11.3 Å². The maximum Gasteiger partial charge on any atom is 0.498 e. The van der Waals surface area contributed by atoms with Gasteiger partial charge in [0, 0.05) is 19.6 Å². The molecule has 0 saturated heterocycles.